The molecule has 0 aliphatic carbocycles. The summed E-state index contributed by atoms with van der Waals surface area (Å²) in [5.41, 5.74) is 2.46. The highest BCUT2D eigenvalue weighted by Crippen LogP contribution is 2.36. The van der Waals surface area contributed by atoms with Crippen LogP contribution in [0.2, 0.25) is 0 Å². The number of benzene rings is 1. The Balaban J connectivity index is 2.17. The summed E-state index contributed by atoms with van der Waals surface area (Å²) in [6, 6.07) is 8.31. The van der Waals surface area contributed by atoms with Crippen LogP contribution in [-0.2, 0) is 0 Å². The van der Waals surface area contributed by atoms with Crippen molar-refractivity contribution < 1.29 is 0 Å². The van der Waals surface area contributed by atoms with Crippen LogP contribution in [0.4, 0.5) is 11.4 Å². The van der Waals surface area contributed by atoms with E-state index >= 15 is 0 Å². The van der Waals surface area contributed by atoms with Crippen LogP contribution in [0.3, 0.4) is 0 Å². The molecule has 0 bridgehead atoms. The summed E-state index contributed by atoms with van der Waals surface area (Å²) in [5.74, 6) is 1.15. The van der Waals surface area contributed by atoms with E-state index in [1.807, 2.05) is 12.3 Å². The largest absolute Gasteiger partial charge is 0.370 e. The summed E-state index contributed by atoms with van der Waals surface area (Å²) in [7, 11) is 0. The van der Waals surface area contributed by atoms with E-state index in [0.29, 0.717) is 0 Å². The Morgan fingerprint density at radius 1 is 1.25 bits per heavy atom. The minimum Gasteiger partial charge on any atom is -0.370 e. The fourth-order valence-corrected chi connectivity index (χ4v) is 1.67. The van der Waals surface area contributed by atoms with Gasteiger partial charge in [-0.2, -0.15) is 0 Å². The Hall–Kier alpha value is -1.64. The van der Waals surface area contributed by atoms with Gasteiger partial charge in [0.2, 0.25) is 0 Å². The van der Waals surface area contributed by atoms with Crippen molar-refractivity contribution in [1.29, 1.82) is 0 Å². The Morgan fingerprint density at radius 3 is 3.17 bits per heavy atom. The highest BCUT2D eigenvalue weighted by Gasteiger charge is 2.25. The second kappa shape index (κ2) is 1.94. The number of rotatable bonds is 0. The summed E-state index contributed by atoms with van der Waals surface area (Å²) in [6.07, 6.45) is 2.00. The molecule has 0 atom stereocenters. The van der Waals surface area contributed by atoms with Gasteiger partial charge >= 0.3 is 0 Å². The normalized spacial score (nSPS) is 17.7. The average Bonchev–Trinajstić information content (AvgIpc) is 2.62. The van der Waals surface area contributed by atoms with Crippen LogP contribution in [0.15, 0.2) is 36.3 Å². The first kappa shape index (κ1) is 5.94. The van der Waals surface area contributed by atoms with Crippen molar-refractivity contribution in [1.82, 2.24) is 5.32 Å². The van der Waals surface area contributed by atoms with E-state index in [4.69, 9.17) is 0 Å². The second-order valence-corrected chi connectivity index (χ2v) is 2.96. The summed E-state index contributed by atoms with van der Waals surface area (Å²) < 4.78 is 0. The first-order chi connectivity index (χ1) is 5.95. The number of nitrogens with one attached hydrogen (secondary N) is 2. The van der Waals surface area contributed by atoms with Crippen molar-refractivity contribution in [3.8, 4) is 0 Å². The molecule has 0 fully saturated rings. The van der Waals surface area contributed by atoms with Gasteiger partial charge in [0.25, 0.3) is 0 Å². The molecular weight excluding hydrogens is 150 g/mol. The molecule has 3 rings (SSSR count). The van der Waals surface area contributed by atoms with E-state index < -0.39 is 0 Å². The SMILES string of the molecule is C1=C2Nc3ccccc3N2CN1. The van der Waals surface area contributed by atoms with Gasteiger partial charge in [-0.3, -0.25) is 0 Å². The van der Waals surface area contributed by atoms with Gasteiger partial charge in [-0.1, -0.05) is 12.1 Å². The van der Waals surface area contributed by atoms with Crippen LogP contribution in [0.5, 0.6) is 0 Å². The van der Waals surface area contributed by atoms with E-state index in [9.17, 15) is 0 Å². The molecule has 3 heteroatoms. The molecule has 0 radical (unpaired) electrons. The lowest BCUT2D eigenvalue weighted by molar-refractivity contribution is 0.899. The van der Waals surface area contributed by atoms with E-state index in [0.717, 1.165) is 12.5 Å². The molecule has 2 heterocycles. The standard InChI is InChI=1S/C9H9N3/c1-2-4-8-7(3-1)11-9-5-10-6-12(8)9/h1-5,10-11H,6H2. The number of nitrogens with zero attached hydrogens (tertiary/aromatic N) is 1. The maximum atomic E-state index is 3.32. The van der Waals surface area contributed by atoms with Gasteiger partial charge in [-0.15, -0.1) is 0 Å². The van der Waals surface area contributed by atoms with Crippen molar-refractivity contribution in [2.75, 3.05) is 16.9 Å². The Kier molecular flexibility index (Phi) is 0.961. The van der Waals surface area contributed by atoms with Crippen molar-refractivity contribution >= 4 is 11.4 Å². The van der Waals surface area contributed by atoms with E-state index in [-0.39, 0.29) is 0 Å². The molecule has 12 heavy (non-hydrogen) atoms. The topological polar surface area (TPSA) is 27.3 Å². The molecule has 1 aromatic carbocycles. The first-order valence-corrected chi connectivity index (χ1v) is 4.02. The minimum atomic E-state index is 0.874. The quantitative estimate of drug-likeness (QED) is 0.597. The molecule has 2 aliphatic heterocycles. The third kappa shape index (κ3) is 0.605. The Morgan fingerprint density at radius 2 is 2.17 bits per heavy atom. The highest BCUT2D eigenvalue weighted by atomic mass is 15.4. The van der Waals surface area contributed by atoms with E-state index in [1.54, 1.807) is 0 Å². The monoisotopic (exact) mass is 159 g/mol. The number of hydrogen-bond donors (Lipinski definition) is 2. The lowest BCUT2D eigenvalue weighted by Gasteiger charge is -2.11. The zero-order chi connectivity index (χ0) is 7.97. The van der Waals surface area contributed by atoms with Gasteiger partial charge in [0.05, 0.1) is 18.0 Å². The maximum absolute atomic E-state index is 3.32. The van der Waals surface area contributed by atoms with Crippen molar-refractivity contribution in [3.63, 3.8) is 0 Å². The second-order valence-electron chi connectivity index (χ2n) is 2.96. The summed E-state index contributed by atoms with van der Waals surface area (Å²) in [5, 5.41) is 6.49. The molecule has 0 spiro atoms. The van der Waals surface area contributed by atoms with Gasteiger partial charge in [0, 0.05) is 6.20 Å². The molecule has 0 unspecified atom stereocenters. The van der Waals surface area contributed by atoms with Gasteiger partial charge in [0.15, 0.2) is 0 Å². The van der Waals surface area contributed by atoms with Gasteiger partial charge in [-0.25, -0.2) is 0 Å². The summed E-state index contributed by atoms with van der Waals surface area (Å²) >= 11 is 0. The Labute approximate surface area is 70.7 Å². The maximum Gasteiger partial charge on any atom is 0.128 e. The van der Waals surface area contributed by atoms with Gasteiger partial charge in [-0.05, 0) is 12.1 Å². The summed E-state index contributed by atoms with van der Waals surface area (Å²) in [4.78, 5) is 2.22. The third-order valence-corrected chi connectivity index (χ3v) is 2.24. The summed E-state index contributed by atoms with van der Waals surface area (Å²) in [6.45, 7) is 0.874. The third-order valence-electron chi connectivity index (χ3n) is 2.24. The molecule has 3 nitrogen and oxygen atoms in total. The number of anilines is 2. The number of fused-ring (bicyclic) bond motifs is 3. The van der Waals surface area contributed by atoms with Crippen LogP contribution in [-0.4, -0.2) is 6.67 Å². The predicted octanol–water partition coefficient (Wildman–Crippen LogP) is 1.28. The fourth-order valence-electron chi connectivity index (χ4n) is 1.67. The Bertz CT molecular complexity index is 357. The molecule has 0 saturated carbocycles. The molecule has 2 aliphatic rings. The van der Waals surface area contributed by atoms with Gasteiger partial charge in [0.1, 0.15) is 5.82 Å². The molecule has 0 saturated heterocycles. The molecule has 0 aromatic heterocycles. The minimum absolute atomic E-state index is 0.874. The van der Waals surface area contributed by atoms with Crippen LogP contribution < -0.4 is 15.5 Å². The van der Waals surface area contributed by atoms with Crippen LogP contribution in [0, 0.1) is 0 Å². The van der Waals surface area contributed by atoms with E-state index in [1.165, 1.54) is 11.4 Å². The van der Waals surface area contributed by atoms with Crippen molar-refractivity contribution in [2.45, 2.75) is 0 Å². The smallest absolute Gasteiger partial charge is 0.128 e. The molecule has 60 valence electrons. The molecular formula is C9H9N3. The fraction of sp³-hybridized carbons (Fsp3) is 0.111. The lowest BCUT2D eigenvalue weighted by Crippen LogP contribution is -2.20. The molecule has 0 amide bonds. The van der Waals surface area contributed by atoms with E-state index in [2.05, 4.69) is 33.7 Å². The zero-order valence-electron chi connectivity index (χ0n) is 6.54. The van der Waals surface area contributed by atoms with Crippen LogP contribution in [0.1, 0.15) is 0 Å². The molecule has 1 aromatic rings. The first-order valence-electron chi connectivity index (χ1n) is 4.02. The number of para-hydroxylation sites is 2. The lowest BCUT2D eigenvalue weighted by atomic mass is 10.3. The number of hydrogen-bond acceptors (Lipinski definition) is 3. The van der Waals surface area contributed by atoms with Crippen molar-refractivity contribution in [3.05, 3.63) is 36.3 Å². The van der Waals surface area contributed by atoms with Crippen LogP contribution in [0.25, 0.3) is 0 Å². The van der Waals surface area contributed by atoms with Crippen LogP contribution >= 0.6 is 0 Å². The zero-order valence-corrected chi connectivity index (χ0v) is 6.54. The van der Waals surface area contributed by atoms with Gasteiger partial charge < -0.3 is 15.5 Å². The predicted molar refractivity (Wildman–Crippen MR) is 48.6 cm³/mol. The highest BCUT2D eigenvalue weighted by molar-refractivity contribution is 5.81. The van der Waals surface area contributed by atoms with Crippen molar-refractivity contribution in [2.24, 2.45) is 0 Å². The molecule has 2 N–H and O–H groups in total. The average molecular weight is 159 g/mol.